The third-order valence-corrected chi connectivity index (χ3v) is 4.45. The van der Waals surface area contributed by atoms with Crippen LogP contribution < -0.4 is 5.32 Å². The zero-order valence-corrected chi connectivity index (χ0v) is 13.8. The van der Waals surface area contributed by atoms with Crippen LogP contribution in [0.15, 0.2) is 22.7 Å². The molecular formula is C16H25BrFN. The maximum absolute atomic E-state index is 13.6. The van der Waals surface area contributed by atoms with Crippen molar-refractivity contribution in [2.24, 2.45) is 5.92 Å². The van der Waals surface area contributed by atoms with Crippen molar-refractivity contribution in [3.8, 4) is 0 Å². The predicted octanol–water partition coefficient (Wildman–Crippen LogP) is 4.94. The Hall–Kier alpha value is -0.410. The molecule has 2 atom stereocenters. The molecule has 1 nitrogen and oxygen atoms in total. The highest BCUT2D eigenvalue weighted by molar-refractivity contribution is 9.10. The molecule has 0 amide bonds. The van der Waals surface area contributed by atoms with Gasteiger partial charge in [-0.1, -0.05) is 39.3 Å². The van der Waals surface area contributed by atoms with Gasteiger partial charge < -0.3 is 5.32 Å². The molecule has 1 N–H and O–H groups in total. The third-order valence-electron chi connectivity index (χ3n) is 3.56. The van der Waals surface area contributed by atoms with Crippen molar-refractivity contribution in [1.29, 1.82) is 0 Å². The van der Waals surface area contributed by atoms with Crippen molar-refractivity contribution in [3.63, 3.8) is 0 Å². The van der Waals surface area contributed by atoms with E-state index < -0.39 is 0 Å². The smallest absolute Gasteiger partial charge is 0.137 e. The Morgan fingerprint density at radius 1 is 1.26 bits per heavy atom. The fraction of sp³-hybridized carbons (Fsp3) is 0.625. The molecule has 0 aliphatic carbocycles. The van der Waals surface area contributed by atoms with Crippen molar-refractivity contribution in [2.75, 3.05) is 6.54 Å². The van der Waals surface area contributed by atoms with Crippen LogP contribution in [0.3, 0.4) is 0 Å². The molecule has 0 bridgehead atoms. The van der Waals surface area contributed by atoms with Gasteiger partial charge in [0, 0.05) is 6.04 Å². The van der Waals surface area contributed by atoms with Crippen LogP contribution in [0.25, 0.3) is 0 Å². The lowest BCUT2D eigenvalue weighted by molar-refractivity contribution is 0.352. The summed E-state index contributed by atoms with van der Waals surface area (Å²) in [4.78, 5) is 0. The summed E-state index contributed by atoms with van der Waals surface area (Å²) < 4.78 is 14.2. The van der Waals surface area contributed by atoms with Crippen molar-refractivity contribution < 1.29 is 4.39 Å². The maximum Gasteiger partial charge on any atom is 0.137 e. The number of hydrogen-bond acceptors (Lipinski definition) is 1. The quantitative estimate of drug-likeness (QED) is 0.712. The lowest BCUT2D eigenvalue weighted by Crippen LogP contribution is -2.37. The molecule has 108 valence electrons. The van der Waals surface area contributed by atoms with Gasteiger partial charge in [-0.2, -0.15) is 0 Å². The Balaban J connectivity index is 2.78. The molecule has 0 aliphatic rings. The molecule has 0 aliphatic heterocycles. The topological polar surface area (TPSA) is 12.0 Å². The van der Waals surface area contributed by atoms with E-state index in [1.165, 1.54) is 18.9 Å². The van der Waals surface area contributed by atoms with Gasteiger partial charge in [0.15, 0.2) is 0 Å². The molecule has 0 spiro atoms. The summed E-state index contributed by atoms with van der Waals surface area (Å²) >= 11 is 3.36. The van der Waals surface area contributed by atoms with Gasteiger partial charge in [0.25, 0.3) is 0 Å². The monoisotopic (exact) mass is 329 g/mol. The first-order chi connectivity index (χ1) is 9.10. The molecule has 1 aromatic carbocycles. The molecule has 0 saturated heterocycles. The second-order valence-electron chi connectivity index (χ2n) is 5.24. The summed E-state index contributed by atoms with van der Waals surface area (Å²) in [5.41, 5.74) is 1.05. The number of benzene rings is 1. The average molecular weight is 330 g/mol. The zero-order chi connectivity index (χ0) is 14.3. The van der Waals surface area contributed by atoms with E-state index in [0.29, 0.717) is 16.4 Å². The Morgan fingerprint density at radius 2 is 2.00 bits per heavy atom. The summed E-state index contributed by atoms with van der Waals surface area (Å²) in [6.07, 6.45) is 4.39. The molecule has 3 heteroatoms. The van der Waals surface area contributed by atoms with Crippen LogP contribution in [0.1, 0.15) is 45.6 Å². The van der Waals surface area contributed by atoms with Gasteiger partial charge in [-0.3, -0.25) is 0 Å². The maximum atomic E-state index is 13.6. The molecule has 0 aromatic heterocycles. The second-order valence-corrected chi connectivity index (χ2v) is 6.04. The van der Waals surface area contributed by atoms with E-state index in [1.54, 1.807) is 6.07 Å². The number of rotatable bonds is 8. The minimum atomic E-state index is -0.171. The minimum absolute atomic E-state index is 0.171. The Morgan fingerprint density at radius 3 is 2.63 bits per heavy atom. The number of halogens is 2. The summed E-state index contributed by atoms with van der Waals surface area (Å²) in [5, 5.41) is 3.61. The molecule has 0 saturated carbocycles. The highest BCUT2D eigenvalue weighted by Gasteiger charge is 2.18. The summed E-state index contributed by atoms with van der Waals surface area (Å²) in [6, 6.07) is 5.71. The van der Waals surface area contributed by atoms with Crippen molar-refractivity contribution in [3.05, 3.63) is 34.1 Å². The molecule has 0 radical (unpaired) electrons. The van der Waals surface area contributed by atoms with Crippen LogP contribution in [-0.4, -0.2) is 12.6 Å². The highest BCUT2D eigenvalue weighted by atomic mass is 79.9. The lowest BCUT2D eigenvalue weighted by atomic mass is 9.91. The molecule has 1 aromatic rings. The van der Waals surface area contributed by atoms with Crippen LogP contribution in [0.4, 0.5) is 4.39 Å². The van der Waals surface area contributed by atoms with Gasteiger partial charge in [-0.25, -0.2) is 4.39 Å². The van der Waals surface area contributed by atoms with Crippen molar-refractivity contribution in [1.82, 2.24) is 5.32 Å². The Kier molecular flexibility index (Phi) is 7.62. The van der Waals surface area contributed by atoms with Gasteiger partial charge in [0.05, 0.1) is 4.47 Å². The van der Waals surface area contributed by atoms with E-state index >= 15 is 0 Å². The average Bonchev–Trinajstić information content (AvgIpc) is 2.39. The molecule has 19 heavy (non-hydrogen) atoms. The van der Waals surface area contributed by atoms with Gasteiger partial charge in [-0.05, 0) is 59.3 Å². The molecule has 0 fully saturated rings. The Labute approximate surface area is 125 Å². The zero-order valence-electron chi connectivity index (χ0n) is 12.2. The van der Waals surface area contributed by atoms with Crippen LogP contribution >= 0.6 is 15.9 Å². The van der Waals surface area contributed by atoms with Crippen LogP contribution in [-0.2, 0) is 6.42 Å². The first-order valence-electron chi connectivity index (χ1n) is 7.26. The highest BCUT2D eigenvalue weighted by Crippen LogP contribution is 2.24. The standard InChI is InChI=1S/C16H25BrFN/c1-4-7-12(3)15(19-10-5-2)11-13-8-6-9-14(18)16(13)17/h6,8-9,12,15,19H,4-5,7,10-11H2,1-3H3. The first kappa shape index (κ1) is 16.6. The van der Waals surface area contributed by atoms with Gasteiger partial charge in [0.1, 0.15) is 5.82 Å². The Bertz CT molecular complexity index is 381. The fourth-order valence-electron chi connectivity index (χ4n) is 2.40. The van der Waals surface area contributed by atoms with Crippen molar-refractivity contribution >= 4 is 15.9 Å². The molecular weight excluding hydrogens is 305 g/mol. The van der Waals surface area contributed by atoms with Crippen LogP contribution in [0.5, 0.6) is 0 Å². The van der Waals surface area contributed by atoms with Gasteiger partial charge in [-0.15, -0.1) is 0 Å². The summed E-state index contributed by atoms with van der Waals surface area (Å²) in [6.45, 7) is 7.69. The molecule has 1 rings (SSSR count). The predicted molar refractivity (Wildman–Crippen MR) is 84.0 cm³/mol. The lowest BCUT2D eigenvalue weighted by Gasteiger charge is -2.25. The van der Waals surface area contributed by atoms with Crippen LogP contribution in [0, 0.1) is 11.7 Å². The largest absolute Gasteiger partial charge is 0.313 e. The van der Waals surface area contributed by atoms with E-state index in [1.807, 2.05) is 6.07 Å². The van der Waals surface area contributed by atoms with E-state index in [9.17, 15) is 4.39 Å². The third kappa shape index (κ3) is 5.23. The van der Waals surface area contributed by atoms with Crippen LogP contribution in [0.2, 0.25) is 0 Å². The fourth-order valence-corrected chi connectivity index (χ4v) is 2.83. The summed E-state index contributed by atoms with van der Waals surface area (Å²) in [7, 11) is 0. The molecule has 0 heterocycles. The summed E-state index contributed by atoms with van der Waals surface area (Å²) in [5.74, 6) is 0.432. The SMILES string of the molecule is CCCNC(Cc1cccc(F)c1Br)C(C)CCC. The minimum Gasteiger partial charge on any atom is -0.313 e. The first-order valence-corrected chi connectivity index (χ1v) is 8.05. The van der Waals surface area contributed by atoms with E-state index in [2.05, 4.69) is 42.0 Å². The van der Waals surface area contributed by atoms with Gasteiger partial charge >= 0.3 is 0 Å². The normalized spacial score (nSPS) is 14.4. The van der Waals surface area contributed by atoms with E-state index in [-0.39, 0.29) is 5.82 Å². The van der Waals surface area contributed by atoms with E-state index in [0.717, 1.165) is 24.9 Å². The van der Waals surface area contributed by atoms with Crippen molar-refractivity contribution in [2.45, 2.75) is 52.5 Å². The van der Waals surface area contributed by atoms with E-state index in [4.69, 9.17) is 0 Å². The number of nitrogens with one attached hydrogen (secondary N) is 1. The second kappa shape index (κ2) is 8.70. The molecule has 2 unspecified atom stereocenters. The van der Waals surface area contributed by atoms with Gasteiger partial charge in [0.2, 0.25) is 0 Å². The number of hydrogen-bond donors (Lipinski definition) is 1.